The predicted octanol–water partition coefficient (Wildman–Crippen LogP) is 3.73. The Morgan fingerprint density at radius 2 is 1.92 bits per heavy atom. The number of allylic oxidation sites excluding steroid dienone is 1. The van der Waals surface area contributed by atoms with E-state index in [4.69, 9.17) is 9.47 Å². The molecular formula is C21H24N2O3. The Labute approximate surface area is 154 Å². The first kappa shape index (κ1) is 18.0. The smallest absolute Gasteiger partial charge is 0.168 e. The Bertz CT molecular complexity index is 765. The fourth-order valence-corrected chi connectivity index (χ4v) is 2.92. The van der Waals surface area contributed by atoms with Crippen molar-refractivity contribution >= 4 is 17.2 Å². The molecule has 1 saturated heterocycles. The maximum absolute atomic E-state index is 12.4. The van der Waals surface area contributed by atoms with Gasteiger partial charge in [0.2, 0.25) is 0 Å². The van der Waals surface area contributed by atoms with Crippen LogP contribution in [-0.4, -0.2) is 39.2 Å². The molecule has 26 heavy (non-hydrogen) atoms. The molecule has 1 aliphatic heterocycles. The van der Waals surface area contributed by atoms with Crippen LogP contribution in [0.1, 0.15) is 16.8 Å². The zero-order chi connectivity index (χ0) is 18.4. The van der Waals surface area contributed by atoms with E-state index in [2.05, 4.69) is 28.9 Å². The van der Waals surface area contributed by atoms with Crippen molar-refractivity contribution in [3.63, 3.8) is 0 Å². The van der Waals surface area contributed by atoms with Crippen LogP contribution < -0.4 is 15.0 Å². The minimum atomic E-state index is 0.00587. The topological polar surface area (TPSA) is 50.8 Å². The third-order valence-corrected chi connectivity index (χ3v) is 4.33. The van der Waals surface area contributed by atoms with Crippen molar-refractivity contribution in [3.05, 3.63) is 66.4 Å². The summed E-state index contributed by atoms with van der Waals surface area (Å²) in [5.74, 6) is 0.680. The van der Waals surface area contributed by atoms with Crippen LogP contribution in [0.25, 0.3) is 0 Å². The number of hydrogen-bond acceptors (Lipinski definition) is 5. The summed E-state index contributed by atoms with van der Waals surface area (Å²) in [4.78, 5) is 14.7. The lowest BCUT2D eigenvalue weighted by atomic mass is 10.1. The molecule has 0 spiro atoms. The van der Waals surface area contributed by atoms with E-state index < -0.39 is 0 Å². The van der Waals surface area contributed by atoms with E-state index in [1.807, 2.05) is 24.3 Å². The molecule has 136 valence electrons. The summed E-state index contributed by atoms with van der Waals surface area (Å²) in [6.45, 7) is 7.34. The molecular weight excluding hydrogens is 328 g/mol. The van der Waals surface area contributed by atoms with Gasteiger partial charge < -0.3 is 19.7 Å². The summed E-state index contributed by atoms with van der Waals surface area (Å²) in [5, 5.41) is 3.21. The molecule has 1 fully saturated rings. The van der Waals surface area contributed by atoms with Crippen molar-refractivity contribution in [2.75, 3.05) is 43.6 Å². The molecule has 3 rings (SSSR count). The van der Waals surface area contributed by atoms with E-state index in [1.165, 1.54) is 5.69 Å². The molecule has 0 saturated carbocycles. The number of benzene rings is 2. The highest BCUT2D eigenvalue weighted by Crippen LogP contribution is 2.21. The van der Waals surface area contributed by atoms with Crippen LogP contribution in [0.4, 0.5) is 11.4 Å². The molecule has 0 radical (unpaired) electrons. The van der Waals surface area contributed by atoms with E-state index in [9.17, 15) is 4.79 Å². The predicted molar refractivity (Wildman–Crippen MR) is 104 cm³/mol. The van der Waals surface area contributed by atoms with Gasteiger partial charge in [-0.15, -0.1) is 0 Å². The number of Topliss-reactive ketones (excluding diaryl/α,β-unsaturated/α-hetero) is 1. The van der Waals surface area contributed by atoms with E-state index in [-0.39, 0.29) is 12.2 Å². The second kappa shape index (κ2) is 8.54. The third kappa shape index (κ3) is 4.64. The van der Waals surface area contributed by atoms with Gasteiger partial charge in [0.15, 0.2) is 5.78 Å². The van der Waals surface area contributed by atoms with Crippen LogP contribution in [0.3, 0.4) is 0 Å². The van der Waals surface area contributed by atoms with Gasteiger partial charge in [0.05, 0.1) is 26.7 Å². The van der Waals surface area contributed by atoms with Gasteiger partial charge in [0.1, 0.15) is 5.75 Å². The fraction of sp³-hybridized carbons (Fsp3) is 0.286. The average molecular weight is 352 g/mol. The van der Waals surface area contributed by atoms with Crippen LogP contribution in [0.2, 0.25) is 0 Å². The van der Waals surface area contributed by atoms with Crippen molar-refractivity contribution in [3.8, 4) is 5.75 Å². The standard InChI is InChI=1S/C21H24N2O3/c1-16(14-21(24)17-4-3-5-20(15-17)25-2)22-18-6-8-19(9-7-18)23-10-12-26-13-11-23/h3-9,15,22H,1,10-14H2,2H3. The molecule has 0 bridgehead atoms. The van der Waals surface area contributed by atoms with E-state index in [0.717, 1.165) is 32.0 Å². The highest BCUT2D eigenvalue weighted by molar-refractivity contribution is 5.98. The Morgan fingerprint density at radius 3 is 2.62 bits per heavy atom. The summed E-state index contributed by atoms with van der Waals surface area (Å²) in [6.07, 6.45) is 0.235. The van der Waals surface area contributed by atoms with Crippen LogP contribution in [0.15, 0.2) is 60.8 Å². The second-order valence-electron chi connectivity index (χ2n) is 6.21. The van der Waals surface area contributed by atoms with Gasteiger partial charge in [-0.05, 0) is 36.4 Å². The largest absolute Gasteiger partial charge is 0.497 e. The molecule has 0 aromatic heterocycles. The minimum Gasteiger partial charge on any atom is -0.497 e. The number of morpholine rings is 1. The van der Waals surface area contributed by atoms with Gasteiger partial charge in [-0.1, -0.05) is 18.7 Å². The first-order valence-corrected chi connectivity index (χ1v) is 8.70. The molecule has 0 atom stereocenters. The zero-order valence-corrected chi connectivity index (χ0v) is 15.0. The number of methoxy groups -OCH3 is 1. The lowest BCUT2D eigenvalue weighted by molar-refractivity contribution is 0.0993. The summed E-state index contributed by atoms with van der Waals surface area (Å²) in [5.41, 5.74) is 3.38. The monoisotopic (exact) mass is 352 g/mol. The van der Waals surface area contributed by atoms with Crippen molar-refractivity contribution in [1.82, 2.24) is 0 Å². The van der Waals surface area contributed by atoms with E-state index in [0.29, 0.717) is 17.0 Å². The molecule has 1 heterocycles. The summed E-state index contributed by atoms with van der Waals surface area (Å²) >= 11 is 0. The van der Waals surface area contributed by atoms with Crippen molar-refractivity contribution in [1.29, 1.82) is 0 Å². The Hall–Kier alpha value is -2.79. The normalized spacial score (nSPS) is 14.0. The van der Waals surface area contributed by atoms with Gasteiger partial charge in [-0.2, -0.15) is 0 Å². The maximum Gasteiger partial charge on any atom is 0.168 e. The number of hydrogen-bond donors (Lipinski definition) is 1. The molecule has 1 N–H and O–H groups in total. The summed E-state index contributed by atoms with van der Waals surface area (Å²) in [7, 11) is 1.59. The second-order valence-corrected chi connectivity index (χ2v) is 6.21. The van der Waals surface area contributed by atoms with Gasteiger partial charge in [0, 0.05) is 35.7 Å². The van der Waals surface area contributed by atoms with Gasteiger partial charge >= 0.3 is 0 Å². The van der Waals surface area contributed by atoms with Crippen LogP contribution in [0, 0.1) is 0 Å². The number of anilines is 2. The number of ether oxygens (including phenoxy) is 2. The lowest BCUT2D eigenvalue weighted by Crippen LogP contribution is -2.36. The molecule has 5 heteroatoms. The highest BCUT2D eigenvalue weighted by atomic mass is 16.5. The number of ketones is 1. The van der Waals surface area contributed by atoms with Crippen LogP contribution in [-0.2, 0) is 4.74 Å². The number of carbonyl (C=O) groups excluding carboxylic acids is 1. The molecule has 1 aliphatic rings. The first-order chi connectivity index (χ1) is 12.7. The fourth-order valence-electron chi connectivity index (χ4n) is 2.92. The van der Waals surface area contributed by atoms with Crippen LogP contribution in [0.5, 0.6) is 5.75 Å². The zero-order valence-electron chi connectivity index (χ0n) is 15.0. The number of rotatable bonds is 7. The lowest BCUT2D eigenvalue weighted by Gasteiger charge is -2.29. The first-order valence-electron chi connectivity index (χ1n) is 8.70. The van der Waals surface area contributed by atoms with Gasteiger partial charge in [-0.3, -0.25) is 4.79 Å². The molecule has 0 aliphatic carbocycles. The molecule has 2 aromatic carbocycles. The van der Waals surface area contributed by atoms with E-state index in [1.54, 1.807) is 19.2 Å². The number of carbonyl (C=O) groups is 1. The highest BCUT2D eigenvalue weighted by Gasteiger charge is 2.12. The van der Waals surface area contributed by atoms with Crippen molar-refractivity contribution < 1.29 is 14.3 Å². The summed E-state index contributed by atoms with van der Waals surface area (Å²) in [6, 6.07) is 15.3. The maximum atomic E-state index is 12.4. The van der Waals surface area contributed by atoms with Crippen molar-refractivity contribution in [2.45, 2.75) is 6.42 Å². The van der Waals surface area contributed by atoms with Crippen LogP contribution >= 0.6 is 0 Å². The number of nitrogens with zero attached hydrogens (tertiary/aromatic N) is 1. The SMILES string of the molecule is C=C(CC(=O)c1cccc(OC)c1)Nc1ccc(N2CCOCC2)cc1. The Balaban J connectivity index is 1.56. The van der Waals surface area contributed by atoms with Gasteiger partial charge in [-0.25, -0.2) is 0 Å². The summed E-state index contributed by atoms with van der Waals surface area (Å²) < 4.78 is 10.5. The third-order valence-electron chi connectivity index (χ3n) is 4.33. The minimum absolute atomic E-state index is 0.00587. The molecule has 0 unspecified atom stereocenters. The average Bonchev–Trinajstić information content (AvgIpc) is 2.69. The van der Waals surface area contributed by atoms with E-state index >= 15 is 0 Å². The van der Waals surface area contributed by atoms with Gasteiger partial charge in [0.25, 0.3) is 0 Å². The molecule has 5 nitrogen and oxygen atoms in total. The Morgan fingerprint density at radius 1 is 1.19 bits per heavy atom. The molecule has 2 aromatic rings. The Kier molecular flexibility index (Phi) is 5.92. The quantitative estimate of drug-likeness (QED) is 0.770. The van der Waals surface area contributed by atoms with Crippen molar-refractivity contribution in [2.24, 2.45) is 0 Å². The number of nitrogens with one attached hydrogen (secondary N) is 1. The molecule has 0 amide bonds.